The Morgan fingerprint density at radius 2 is 1.80 bits per heavy atom. The number of benzene rings is 2. The fourth-order valence-electron chi connectivity index (χ4n) is 2.64. The van der Waals surface area contributed by atoms with E-state index in [0.29, 0.717) is 37.3 Å². The molecule has 1 aliphatic heterocycles. The van der Waals surface area contributed by atoms with Crippen LogP contribution in [0, 0.1) is 10.1 Å². The van der Waals surface area contributed by atoms with E-state index in [9.17, 15) is 19.7 Å². The van der Waals surface area contributed by atoms with E-state index in [2.05, 4.69) is 38.4 Å². The Hall–Kier alpha value is -2.43. The van der Waals surface area contributed by atoms with Gasteiger partial charge in [0.15, 0.2) is 0 Å². The van der Waals surface area contributed by atoms with E-state index in [4.69, 9.17) is 4.74 Å². The molecule has 0 atom stereocenters. The number of ether oxygens (including phenoxy) is 1. The summed E-state index contributed by atoms with van der Waals surface area (Å²) in [6.45, 7) is 4.00. The van der Waals surface area contributed by atoms with E-state index in [1.807, 2.05) is 0 Å². The average Bonchev–Trinajstić information content (AvgIpc) is 2.95. The van der Waals surface area contributed by atoms with E-state index in [1.54, 1.807) is 24.3 Å². The number of hydrogen-bond acceptors (Lipinski definition) is 6. The number of amides is 2. The Bertz CT molecular complexity index is 1050. The van der Waals surface area contributed by atoms with Gasteiger partial charge in [0.2, 0.25) is 0 Å². The second-order valence-corrected chi connectivity index (χ2v) is 8.81. The molecule has 0 saturated carbocycles. The number of nitrogens with zero attached hydrogens (tertiary/aromatic N) is 2. The van der Waals surface area contributed by atoms with Crippen LogP contribution in [0.5, 0.6) is 5.75 Å². The Labute approximate surface area is 193 Å². The normalized spacial score (nSPS) is 15.0. The number of halogens is 2. The van der Waals surface area contributed by atoms with Gasteiger partial charge in [-0.2, -0.15) is 0 Å². The number of thioether (sulfide) groups is 1. The molecule has 2 amide bonds. The van der Waals surface area contributed by atoms with Crippen molar-refractivity contribution in [2.45, 2.75) is 6.54 Å². The summed E-state index contributed by atoms with van der Waals surface area (Å²) in [7, 11) is 0. The Balaban J connectivity index is 1.79. The molecule has 1 fully saturated rings. The zero-order valence-corrected chi connectivity index (χ0v) is 19.3. The lowest BCUT2D eigenvalue weighted by atomic mass is 10.2. The maximum atomic E-state index is 12.7. The van der Waals surface area contributed by atoms with Crippen LogP contribution >= 0.6 is 43.6 Å². The lowest BCUT2D eigenvalue weighted by molar-refractivity contribution is -0.384. The number of nitro benzene ring substituents is 1. The van der Waals surface area contributed by atoms with Crippen molar-refractivity contribution in [3.05, 3.63) is 84.1 Å². The summed E-state index contributed by atoms with van der Waals surface area (Å²) in [5, 5.41) is 10.4. The van der Waals surface area contributed by atoms with Crippen molar-refractivity contribution in [1.29, 1.82) is 0 Å². The molecule has 10 heteroatoms. The van der Waals surface area contributed by atoms with Crippen LogP contribution in [0.3, 0.4) is 0 Å². The first-order chi connectivity index (χ1) is 14.3. The molecule has 1 aliphatic rings. The SMILES string of the molecule is C=CCOc1c(Br)cc(/C=C2\SC(=O)N(Cc3ccc([N+](=O)[O-])cc3)C2=O)cc1Br. The number of hydrogen-bond donors (Lipinski definition) is 0. The first kappa shape index (κ1) is 22.3. The van der Waals surface area contributed by atoms with Crippen LogP contribution < -0.4 is 4.74 Å². The van der Waals surface area contributed by atoms with Crippen molar-refractivity contribution < 1.29 is 19.2 Å². The first-order valence-electron chi connectivity index (χ1n) is 8.51. The van der Waals surface area contributed by atoms with Crippen LogP contribution in [0.2, 0.25) is 0 Å². The Morgan fingerprint density at radius 3 is 2.37 bits per heavy atom. The summed E-state index contributed by atoms with van der Waals surface area (Å²) in [5.74, 6) is 0.195. The van der Waals surface area contributed by atoms with Crippen LogP contribution in [-0.4, -0.2) is 27.6 Å². The Morgan fingerprint density at radius 1 is 1.17 bits per heavy atom. The number of non-ortho nitro benzene ring substituents is 1. The number of rotatable bonds is 7. The highest BCUT2D eigenvalue weighted by molar-refractivity contribution is 9.11. The maximum absolute atomic E-state index is 12.7. The molecule has 0 bridgehead atoms. The van der Waals surface area contributed by atoms with Crippen LogP contribution in [-0.2, 0) is 11.3 Å². The van der Waals surface area contributed by atoms with E-state index in [0.717, 1.165) is 16.7 Å². The number of nitro groups is 1. The largest absolute Gasteiger partial charge is 0.487 e. The average molecular weight is 554 g/mol. The minimum Gasteiger partial charge on any atom is -0.487 e. The molecule has 0 unspecified atom stereocenters. The summed E-state index contributed by atoms with van der Waals surface area (Å²) in [4.78, 5) is 36.7. The third-order valence-electron chi connectivity index (χ3n) is 4.03. The Kier molecular flexibility index (Phi) is 7.11. The summed E-state index contributed by atoms with van der Waals surface area (Å²) in [5.41, 5.74) is 1.28. The van der Waals surface area contributed by atoms with Crippen molar-refractivity contribution in [2.75, 3.05) is 6.61 Å². The summed E-state index contributed by atoms with van der Waals surface area (Å²) < 4.78 is 6.96. The molecule has 3 rings (SSSR count). The molecular weight excluding hydrogens is 540 g/mol. The number of carbonyl (C=O) groups is 2. The maximum Gasteiger partial charge on any atom is 0.293 e. The summed E-state index contributed by atoms with van der Waals surface area (Å²) in [6, 6.07) is 9.31. The monoisotopic (exact) mass is 552 g/mol. The van der Waals surface area contributed by atoms with Crippen molar-refractivity contribution in [1.82, 2.24) is 4.90 Å². The van der Waals surface area contributed by atoms with Crippen LogP contribution in [0.15, 0.2) is 62.9 Å². The highest BCUT2D eigenvalue weighted by Gasteiger charge is 2.35. The molecule has 1 heterocycles. The second kappa shape index (κ2) is 9.59. The smallest absolute Gasteiger partial charge is 0.293 e. The fourth-order valence-corrected chi connectivity index (χ4v) is 4.93. The van der Waals surface area contributed by atoms with E-state index in [1.165, 1.54) is 24.3 Å². The van der Waals surface area contributed by atoms with Gasteiger partial charge in [-0.25, -0.2) is 0 Å². The van der Waals surface area contributed by atoms with Gasteiger partial charge >= 0.3 is 0 Å². The molecule has 0 aromatic heterocycles. The molecule has 0 N–H and O–H groups in total. The van der Waals surface area contributed by atoms with Crippen molar-refractivity contribution in [3.8, 4) is 5.75 Å². The zero-order chi connectivity index (χ0) is 21.8. The molecule has 7 nitrogen and oxygen atoms in total. The van der Waals surface area contributed by atoms with Gasteiger partial charge in [0, 0.05) is 12.1 Å². The third-order valence-corrected chi connectivity index (χ3v) is 6.11. The molecule has 2 aromatic carbocycles. The van der Waals surface area contributed by atoms with Gasteiger partial charge in [-0.15, -0.1) is 0 Å². The first-order valence-corrected chi connectivity index (χ1v) is 10.9. The quantitative estimate of drug-likeness (QED) is 0.183. The standard InChI is InChI=1S/C20H14Br2N2O5S/c1-2-7-29-18-15(21)8-13(9-16(18)22)10-17-19(25)23(20(26)30-17)11-12-3-5-14(6-4-12)24(27)28/h2-6,8-10H,1,7,11H2/b17-10-. The minimum atomic E-state index is -0.503. The zero-order valence-electron chi connectivity index (χ0n) is 15.3. The molecule has 0 aliphatic carbocycles. The highest BCUT2D eigenvalue weighted by atomic mass is 79.9. The molecule has 1 saturated heterocycles. The molecule has 0 radical (unpaired) electrons. The fraction of sp³-hybridized carbons (Fsp3) is 0.100. The van der Waals surface area contributed by atoms with Gasteiger partial charge in [0.25, 0.3) is 16.8 Å². The molecular formula is C20H14Br2N2O5S. The molecule has 0 spiro atoms. The second-order valence-electron chi connectivity index (χ2n) is 6.10. The lowest BCUT2D eigenvalue weighted by Crippen LogP contribution is -2.27. The van der Waals surface area contributed by atoms with Gasteiger partial charge in [-0.05, 0) is 73.0 Å². The van der Waals surface area contributed by atoms with Gasteiger partial charge in [0.1, 0.15) is 12.4 Å². The van der Waals surface area contributed by atoms with Crippen LogP contribution in [0.1, 0.15) is 11.1 Å². The summed E-state index contributed by atoms with van der Waals surface area (Å²) in [6.07, 6.45) is 3.27. The number of imide groups is 1. The predicted molar refractivity (Wildman–Crippen MR) is 122 cm³/mol. The van der Waals surface area contributed by atoms with Crippen LogP contribution in [0.25, 0.3) is 6.08 Å². The van der Waals surface area contributed by atoms with Gasteiger partial charge in [-0.3, -0.25) is 24.6 Å². The molecule has 154 valence electrons. The third kappa shape index (κ3) is 5.00. The van der Waals surface area contributed by atoms with Crippen molar-refractivity contribution in [3.63, 3.8) is 0 Å². The van der Waals surface area contributed by atoms with E-state index >= 15 is 0 Å². The van der Waals surface area contributed by atoms with Gasteiger partial charge in [0.05, 0.1) is 25.3 Å². The molecule has 30 heavy (non-hydrogen) atoms. The van der Waals surface area contributed by atoms with Crippen LogP contribution in [0.4, 0.5) is 10.5 Å². The van der Waals surface area contributed by atoms with E-state index in [-0.39, 0.29) is 12.2 Å². The van der Waals surface area contributed by atoms with E-state index < -0.39 is 16.1 Å². The molecule has 2 aromatic rings. The summed E-state index contributed by atoms with van der Waals surface area (Å²) >= 11 is 7.73. The number of carbonyl (C=O) groups excluding carboxylic acids is 2. The van der Waals surface area contributed by atoms with Crippen molar-refractivity contribution in [2.24, 2.45) is 0 Å². The van der Waals surface area contributed by atoms with Gasteiger partial charge in [-0.1, -0.05) is 24.8 Å². The minimum absolute atomic E-state index is 0.0434. The lowest BCUT2D eigenvalue weighted by Gasteiger charge is -2.12. The van der Waals surface area contributed by atoms with Gasteiger partial charge < -0.3 is 4.74 Å². The highest BCUT2D eigenvalue weighted by Crippen LogP contribution is 2.38. The predicted octanol–water partition coefficient (Wildman–Crippen LogP) is 5.92. The van der Waals surface area contributed by atoms with Crippen molar-refractivity contribution >= 4 is 66.5 Å². The topological polar surface area (TPSA) is 89.8 Å².